The van der Waals surface area contributed by atoms with Crippen molar-refractivity contribution in [3.8, 4) is 0 Å². The van der Waals surface area contributed by atoms with E-state index in [-0.39, 0.29) is 5.91 Å². The van der Waals surface area contributed by atoms with Crippen LogP contribution in [0.2, 0.25) is 0 Å². The number of hydrogen-bond donors (Lipinski definition) is 1. The Balaban J connectivity index is 1.82. The summed E-state index contributed by atoms with van der Waals surface area (Å²) in [6.45, 7) is 0.724. The zero-order chi connectivity index (χ0) is 14.2. The highest BCUT2D eigenvalue weighted by Crippen LogP contribution is 2.28. The minimum Gasteiger partial charge on any atom is -0.305 e. The van der Waals surface area contributed by atoms with Gasteiger partial charge in [-0.1, -0.05) is 12.1 Å². The summed E-state index contributed by atoms with van der Waals surface area (Å²) >= 11 is 0. The smallest absolute Gasteiger partial charge is 0.259 e. The summed E-state index contributed by atoms with van der Waals surface area (Å²) < 4.78 is 0. The molecule has 3 aromatic rings. The molecule has 21 heavy (non-hydrogen) atoms. The van der Waals surface area contributed by atoms with Gasteiger partial charge in [0, 0.05) is 23.7 Å². The van der Waals surface area contributed by atoms with Gasteiger partial charge in [0.2, 0.25) is 0 Å². The topological polar surface area (TPSA) is 61.9 Å². The first-order valence-electron chi connectivity index (χ1n) is 7.02. The lowest BCUT2D eigenvalue weighted by Gasteiger charge is -2.26. The average Bonchev–Trinajstić information content (AvgIpc) is 3.02. The number of H-pyrrole nitrogens is 1. The van der Waals surface area contributed by atoms with E-state index in [0.717, 1.165) is 41.7 Å². The fourth-order valence-corrected chi connectivity index (χ4v) is 2.90. The predicted molar refractivity (Wildman–Crippen MR) is 80.3 cm³/mol. The molecule has 0 unspecified atom stereocenters. The number of pyridine rings is 1. The number of aromatic amines is 1. The highest BCUT2D eigenvalue weighted by atomic mass is 16.2. The summed E-state index contributed by atoms with van der Waals surface area (Å²) in [5.74, 6) is 0.0101. The fourth-order valence-electron chi connectivity index (χ4n) is 2.90. The Morgan fingerprint density at radius 3 is 3.14 bits per heavy atom. The van der Waals surface area contributed by atoms with Gasteiger partial charge in [0.1, 0.15) is 0 Å². The molecule has 104 valence electrons. The van der Waals surface area contributed by atoms with Gasteiger partial charge < -0.3 is 4.90 Å². The molecule has 1 aliphatic heterocycles. The molecule has 4 rings (SSSR count). The summed E-state index contributed by atoms with van der Waals surface area (Å²) in [5, 5.41) is 7.93. The number of amides is 1. The standard InChI is InChI=1S/C16H14N4O/c21-16(20-9-3-7-14-15(20)10-18-19-14)12-4-1-6-13-11(12)5-2-8-17-13/h1-2,4-6,8,10H,3,7,9H2,(H,18,19). The zero-order valence-electron chi connectivity index (χ0n) is 11.4. The lowest BCUT2D eigenvalue weighted by molar-refractivity contribution is 0.0986. The molecule has 0 aliphatic carbocycles. The van der Waals surface area contributed by atoms with Gasteiger partial charge in [-0.25, -0.2) is 0 Å². The second kappa shape index (κ2) is 4.70. The Labute approximate surface area is 121 Å². The van der Waals surface area contributed by atoms with Crippen LogP contribution in [0, 0.1) is 0 Å². The quantitative estimate of drug-likeness (QED) is 0.744. The first-order valence-corrected chi connectivity index (χ1v) is 7.02. The normalized spacial score (nSPS) is 14.2. The van der Waals surface area contributed by atoms with Crippen molar-refractivity contribution in [3.05, 3.63) is 54.0 Å². The minimum atomic E-state index is 0.0101. The van der Waals surface area contributed by atoms with Gasteiger partial charge in [0.05, 0.1) is 23.1 Å². The highest BCUT2D eigenvalue weighted by molar-refractivity contribution is 6.13. The number of fused-ring (bicyclic) bond motifs is 2. The Morgan fingerprint density at radius 2 is 2.19 bits per heavy atom. The van der Waals surface area contributed by atoms with Crippen LogP contribution in [0.15, 0.2) is 42.7 Å². The fraction of sp³-hybridized carbons (Fsp3) is 0.188. The minimum absolute atomic E-state index is 0.0101. The number of benzene rings is 1. The number of carbonyl (C=O) groups is 1. The highest BCUT2D eigenvalue weighted by Gasteiger charge is 2.25. The summed E-state index contributed by atoms with van der Waals surface area (Å²) in [7, 11) is 0. The van der Waals surface area contributed by atoms with Gasteiger partial charge in [0.15, 0.2) is 0 Å². The summed E-state index contributed by atoms with van der Waals surface area (Å²) in [4.78, 5) is 19.1. The Bertz CT molecular complexity index is 819. The van der Waals surface area contributed by atoms with Crippen molar-refractivity contribution in [1.29, 1.82) is 0 Å². The van der Waals surface area contributed by atoms with Gasteiger partial charge in [-0.3, -0.25) is 14.9 Å². The van der Waals surface area contributed by atoms with Crippen molar-refractivity contribution in [3.63, 3.8) is 0 Å². The molecule has 0 fully saturated rings. The Kier molecular flexibility index (Phi) is 2.70. The van der Waals surface area contributed by atoms with Crippen molar-refractivity contribution in [1.82, 2.24) is 15.2 Å². The van der Waals surface area contributed by atoms with Crippen LogP contribution in [0.1, 0.15) is 22.5 Å². The van der Waals surface area contributed by atoms with Gasteiger partial charge >= 0.3 is 0 Å². The number of rotatable bonds is 1. The third-order valence-corrected chi connectivity index (χ3v) is 3.92. The van der Waals surface area contributed by atoms with Crippen LogP contribution in [0.25, 0.3) is 10.9 Å². The third kappa shape index (κ3) is 1.89. The number of aryl methyl sites for hydroxylation is 1. The number of carbonyl (C=O) groups excluding carboxylic acids is 1. The van der Waals surface area contributed by atoms with Gasteiger partial charge in [-0.15, -0.1) is 0 Å². The summed E-state index contributed by atoms with van der Waals surface area (Å²) in [5.41, 5.74) is 3.46. The van der Waals surface area contributed by atoms with Crippen molar-refractivity contribution in [2.75, 3.05) is 11.4 Å². The molecule has 0 atom stereocenters. The van der Waals surface area contributed by atoms with Crippen molar-refractivity contribution >= 4 is 22.5 Å². The van der Waals surface area contributed by atoms with Crippen LogP contribution in [-0.4, -0.2) is 27.6 Å². The molecular weight excluding hydrogens is 264 g/mol. The van der Waals surface area contributed by atoms with Gasteiger partial charge in [0.25, 0.3) is 5.91 Å². The zero-order valence-corrected chi connectivity index (χ0v) is 11.4. The number of aromatic nitrogens is 3. The summed E-state index contributed by atoms with van der Waals surface area (Å²) in [6, 6.07) is 9.46. The summed E-state index contributed by atoms with van der Waals surface area (Å²) in [6.07, 6.45) is 5.36. The molecule has 5 nitrogen and oxygen atoms in total. The van der Waals surface area contributed by atoms with Crippen LogP contribution in [0.5, 0.6) is 0 Å². The largest absolute Gasteiger partial charge is 0.305 e. The average molecular weight is 278 g/mol. The first-order chi connectivity index (χ1) is 10.3. The molecule has 1 aromatic carbocycles. The maximum atomic E-state index is 12.9. The first kappa shape index (κ1) is 12.1. The Hall–Kier alpha value is -2.69. The van der Waals surface area contributed by atoms with Crippen LogP contribution in [0.3, 0.4) is 0 Å². The third-order valence-electron chi connectivity index (χ3n) is 3.92. The number of hydrogen-bond acceptors (Lipinski definition) is 3. The van der Waals surface area contributed by atoms with Crippen LogP contribution in [-0.2, 0) is 6.42 Å². The van der Waals surface area contributed by atoms with Gasteiger partial charge in [-0.05, 0) is 31.0 Å². The maximum Gasteiger partial charge on any atom is 0.259 e. The Morgan fingerprint density at radius 1 is 1.24 bits per heavy atom. The van der Waals surface area contributed by atoms with E-state index in [1.165, 1.54) is 0 Å². The number of anilines is 1. The lowest BCUT2D eigenvalue weighted by Crippen LogP contribution is -2.35. The maximum absolute atomic E-state index is 12.9. The van der Waals surface area contributed by atoms with Crippen LogP contribution in [0.4, 0.5) is 5.69 Å². The second-order valence-corrected chi connectivity index (χ2v) is 5.17. The van der Waals surface area contributed by atoms with E-state index in [0.29, 0.717) is 5.56 Å². The van der Waals surface area contributed by atoms with Crippen molar-refractivity contribution < 1.29 is 4.79 Å². The van der Waals surface area contributed by atoms with E-state index in [9.17, 15) is 4.79 Å². The van der Waals surface area contributed by atoms with Crippen molar-refractivity contribution in [2.45, 2.75) is 12.8 Å². The number of nitrogens with one attached hydrogen (secondary N) is 1. The second-order valence-electron chi connectivity index (χ2n) is 5.17. The SMILES string of the molecule is O=C(c1cccc2ncccc12)N1CCCc2[nH]ncc21. The molecule has 0 bridgehead atoms. The molecule has 3 heterocycles. The molecule has 0 saturated carbocycles. The van der Waals surface area contributed by atoms with E-state index < -0.39 is 0 Å². The molecule has 0 spiro atoms. The lowest BCUT2D eigenvalue weighted by atomic mass is 10.0. The van der Waals surface area contributed by atoms with Crippen LogP contribution < -0.4 is 4.90 Å². The molecular formula is C16H14N4O. The molecule has 0 radical (unpaired) electrons. The van der Waals surface area contributed by atoms with Crippen LogP contribution >= 0.6 is 0 Å². The van der Waals surface area contributed by atoms with E-state index in [2.05, 4.69) is 15.2 Å². The van der Waals surface area contributed by atoms with Gasteiger partial charge in [-0.2, -0.15) is 5.10 Å². The van der Waals surface area contributed by atoms with E-state index in [1.54, 1.807) is 12.4 Å². The molecule has 0 saturated heterocycles. The van der Waals surface area contributed by atoms with E-state index >= 15 is 0 Å². The molecule has 2 aromatic heterocycles. The monoisotopic (exact) mass is 278 g/mol. The molecule has 1 amide bonds. The predicted octanol–water partition coefficient (Wildman–Crippen LogP) is 2.55. The van der Waals surface area contributed by atoms with Crippen molar-refractivity contribution in [2.24, 2.45) is 0 Å². The van der Waals surface area contributed by atoms with E-state index in [4.69, 9.17) is 0 Å². The number of nitrogens with zero attached hydrogens (tertiary/aromatic N) is 3. The van der Waals surface area contributed by atoms with E-state index in [1.807, 2.05) is 35.2 Å². The molecule has 5 heteroatoms. The molecule has 1 N–H and O–H groups in total. The molecule has 1 aliphatic rings.